The summed E-state index contributed by atoms with van der Waals surface area (Å²) >= 11 is 1.97. The molecule has 7 heavy (non-hydrogen) atoms. The molecule has 0 bridgehead atoms. The lowest BCUT2D eigenvalue weighted by Crippen LogP contribution is -2.25. The number of rotatable bonds is 0. The van der Waals surface area contributed by atoms with Gasteiger partial charge in [-0.15, -0.1) is 0 Å². The highest BCUT2D eigenvalue weighted by atomic mass is 32.2. The van der Waals surface area contributed by atoms with Crippen LogP contribution in [-0.2, 0) is 0 Å². The number of hydrogen-bond acceptors (Lipinski definition) is 2. The summed E-state index contributed by atoms with van der Waals surface area (Å²) in [6.07, 6.45) is 0. The van der Waals surface area contributed by atoms with Gasteiger partial charge in [-0.05, 0) is 11.7 Å². The Hall–Kier alpha value is 0.310. The Bertz CT molecular complexity index is 57.1. The van der Waals surface area contributed by atoms with Crippen molar-refractivity contribution in [2.24, 2.45) is 11.7 Å². The van der Waals surface area contributed by atoms with Gasteiger partial charge in [0, 0.05) is 11.8 Å². The van der Waals surface area contributed by atoms with Gasteiger partial charge in [-0.1, -0.05) is 6.92 Å². The molecule has 1 heterocycles. The average Bonchev–Trinajstić information content (AvgIpc) is 1.91. The van der Waals surface area contributed by atoms with Gasteiger partial charge in [-0.2, -0.15) is 11.8 Å². The van der Waals surface area contributed by atoms with Crippen molar-refractivity contribution >= 4 is 11.8 Å². The molecule has 1 saturated heterocycles. The Kier molecular flexibility index (Phi) is 1.60. The molecule has 0 spiro atoms. The maximum atomic E-state index is 5.66. The molecule has 2 unspecified atom stereocenters. The summed E-state index contributed by atoms with van der Waals surface area (Å²) in [6.45, 7) is 2.21. The topological polar surface area (TPSA) is 26.0 Å². The van der Waals surface area contributed by atoms with E-state index in [0.29, 0.717) is 6.04 Å². The first-order chi connectivity index (χ1) is 3.30. The van der Waals surface area contributed by atoms with Gasteiger partial charge in [-0.25, -0.2) is 0 Å². The van der Waals surface area contributed by atoms with E-state index in [4.69, 9.17) is 5.73 Å². The van der Waals surface area contributed by atoms with E-state index in [1.165, 1.54) is 11.5 Å². The number of thioether (sulfide) groups is 1. The molecule has 1 fully saturated rings. The second-order valence-corrected chi connectivity index (χ2v) is 3.25. The normalized spacial score (nSPS) is 42.0. The van der Waals surface area contributed by atoms with E-state index in [9.17, 15) is 0 Å². The Labute approximate surface area is 48.7 Å². The van der Waals surface area contributed by atoms with Crippen molar-refractivity contribution in [2.45, 2.75) is 13.0 Å². The lowest BCUT2D eigenvalue weighted by Gasteiger charge is -2.04. The summed E-state index contributed by atoms with van der Waals surface area (Å²) in [6, 6.07) is 0.477. The van der Waals surface area contributed by atoms with Crippen LogP contribution < -0.4 is 5.73 Å². The lowest BCUT2D eigenvalue weighted by atomic mass is 10.1. The first-order valence-corrected chi connectivity index (χ1v) is 3.79. The molecule has 2 atom stereocenters. The second-order valence-electron chi connectivity index (χ2n) is 2.18. The molecule has 0 radical (unpaired) electrons. The van der Waals surface area contributed by atoms with Gasteiger partial charge >= 0.3 is 0 Å². The summed E-state index contributed by atoms with van der Waals surface area (Å²) in [5.41, 5.74) is 5.66. The summed E-state index contributed by atoms with van der Waals surface area (Å²) in [7, 11) is 0. The average molecular weight is 117 g/mol. The molecule has 0 aromatic heterocycles. The van der Waals surface area contributed by atoms with Crippen LogP contribution in [0, 0.1) is 5.92 Å². The van der Waals surface area contributed by atoms with E-state index >= 15 is 0 Å². The Balaban J connectivity index is 2.33. The number of nitrogens with two attached hydrogens (primary N) is 1. The van der Waals surface area contributed by atoms with Crippen LogP contribution in [-0.4, -0.2) is 17.5 Å². The molecule has 1 rings (SSSR count). The van der Waals surface area contributed by atoms with Gasteiger partial charge in [0.1, 0.15) is 0 Å². The maximum Gasteiger partial charge on any atom is 0.0164 e. The van der Waals surface area contributed by atoms with Gasteiger partial charge in [0.25, 0.3) is 0 Å². The van der Waals surface area contributed by atoms with Crippen LogP contribution in [0.3, 0.4) is 0 Å². The highest BCUT2D eigenvalue weighted by Gasteiger charge is 2.18. The zero-order valence-electron chi connectivity index (χ0n) is 4.55. The molecule has 1 aliphatic heterocycles. The highest BCUT2D eigenvalue weighted by molar-refractivity contribution is 7.99. The predicted molar refractivity (Wildman–Crippen MR) is 34.5 cm³/mol. The first kappa shape index (κ1) is 5.45. The molecule has 1 nitrogen and oxygen atoms in total. The zero-order chi connectivity index (χ0) is 5.28. The van der Waals surface area contributed by atoms with Crippen LogP contribution in [0.25, 0.3) is 0 Å². The fourth-order valence-corrected chi connectivity index (χ4v) is 2.03. The standard InChI is InChI=1S/C5H11NS/c1-4-2-7-3-5(4)6/h4-5H,2-3,6H2,1H3. The van der Waals surface area contributed by atoms with E-state index in [1.807, 2.05) is 11.8 Å². The first-order valence-electron chi connectivity index (χ1n) is 2.64. The molecule has 0 aromatic carbocycles. The van der Waals surface area contributed by atoms with Crippen LogP contribution in [0.1, 0.15) is 6.92 Å². The van der Waals surface area contributed by atoms with Gasteiger partial charge in [0.05, 0.1) is 0 Å². The minimum atomic E-state index is 0.477. The van der Waals surface area contributed by atoms with Gasteiger partial charge in [0.15, 0.2) is 0 Å². The fourth-order valence-electron chi connectivity index (χ4n) is 0.678. The maximum absolute atomic E-state index is 5.66. The largest absolute Gasteiger partial charge is 0.327 e. The van der Waals surface area contributed by atoms with Crippen LogP contribution in [0.5, 0.6) is 0 Å². The van der Waals surface area contributed by atoms with Crippen LogP contribution in [0.4, 0.5) is 0 Å². The monoisotopic (exact) mass is 117 g/mol. The quantitative estimate of drug-likeness (QED) is 0.505. The molecule has 1 aliphatic rings. The van der Waals surface area contributed by atoms with Gasteiger partial charge in [-0.3, -0.25) is 0 Å². The Morgan fingerprint density at radius 2 is 2.29 bits per heavy atom. The summed E-state index contributed by atoms with van der Waals surface area (Å²) in [5, 5.41) is 0. The highest BCUT2D eigenvalue weighted by Crippen LogP contribution is 2.21. The summed E-state index contributed by atoms with van der Waals surface area (Å²) in [4.78, 5) is 0. The fraction of sp³-hybridized carbons (Fsp3) is 1.00. The van der Waals surface area contributed by atoms with Gasteiger partial charge < -0.3 is 5.73 Å². The molecule has 42 valence electrons. The van der Waals surface area contributed by atoms with E-state index in [1.54, 1.807) is 0 Å². The van der Waals surface area contributed by atoms with Crippen LogP contribution in [0.15, 0.2) is 0 Å². The summed E-state index contributed by atoms with van der Waals surface area (Å²) in [5.74, 6) is 3.19. The second kappa shape index (κ2) is 2.05. The van der Waals surface area contributed by atoms with Crippen LogP contribution in [0.2, 0.25) is 0 Å². The van der Waals surface area contributed by atoms with E-state index < -0.39 is 0 Å². The van der Waals surface area contributed by atoms with E-state index in [-0.39, 0.29) is 0 Å². The third kappa shape index (κ3) is 1.10. The van der Waals surface area contributed by atoms with Crippen molar-refractivity contribution in [1.82, 2.24) is 0 Å². The van der Waals surface area contributed by atoms with Crippen molar-refractivity contribution < 1.29 is 0 Å². The molecule has 2 N–H and O–H groups in total. The Morgan fingerprint density at radius 1 is 1.57 bits per heavy atom. The van der Waals surface area contributed by atoms with E-state index in [2.05, 4.69) is 6.92 Å². The smallest absolute Gasteiger partial charge is 0.0164 e. The third-order valence-corrected chi connectivity index (χ3v) is 2.80. The van der Waals surface area contributed by atoms with Crippen molar-refractivity contribution in [3.8, 4) is 0 Å². The Morgan fingerprint density at radius 3 is 2.43 bits per heavy atom. The van der Waals surface area contributed by atoms with Crippen LogP contribution >= 0.6 is 11.8 Å². The molecular formula is C5H11NS. The minimum absolute atomic E-state index is 0.477. The van der Waals surface area contributed by atoms with Crippen molar-refractivity contribution in [3.05, 3.63) is 0 Å². The molecule has 0 amide bonds. The molecular weight excluding hydrogens is 106 g/mol. The number of hydrogen-bond donors (Lipinski definition) is 1. The lowest BCUT2D eigenvalue weighted by molar-refractivity contribution is 0.567. The molecule has 0 aromatic rings. The van der Waals surface area contributed by atoms with Crippen molar-refractivity contribution in [2.75, 3.05) is 11.5 Å². The van der Waals surface area contributed by atoms with Crippen molar-refractivity contribution in [1.29, 1.82) is 0 Å². The minimum Gasteiger partial charge on any atom is -0.327 e. The van der Waals surface area contributed by atoms with E-state index in [0.717, 1.165) is 5.92 Å². The molecule has 0 aliphatic carbocycles. The molecule has 0 saturated carbocycles. The molecule has 2 heteroatoms. The van der Waals surface area contributed by atoms with Gasteiger partial charge in [0.2, 0.25) is 0 Å². The predicted octanol–water partition coefficient (Wildman–Crippen LogP) is 0.697. The zero-order valence-corrected chi connectivity index (χ0v) is 5.37. The third-order valence-electron chi connectivity index (χ3n) is 1.42. The SMILES string of the molecule is CC1CSCC1N. The van der Waals surface area contributed by atoms with Crippen molar-refractivity contribution in [3.63, 3.8) is 0 Å². The summed E-state index contributed by atoms with van der Waals surface area (Å²) < 4.78 is 0.